The van der Waals surface area contributed by atoms with Crippen LogP contribution >= 0.6 is 0 Å². The number of aliphatic carboxylic acids is 2. The molecule has 4 N–H and O–H groups in total. The van der Waals surface area contributed by atoms with Gasteiger partial charge in [0, 0.05) is 0 Å². The summed E-state index contributed by atoms with van der Waals surface area (Å²) in [6.07, 6.45) is 0. The second kappa shape index (κ2) is 12.3. The van der Waals surface area contributed by atoms with Gasteiger partial charge in [-0.3, -0.25) is 0 Å². The van der Waals surface area contributed by atoms with Crippen molar-refractivity contribution in [1.82, 2.24) is 0 Å². The molecule has 0 aromatic heterocycles. The Morgan fingerprint density at radius 1 is 0.778 bits per heavy atom. The van der Waals surface area contributed by atoms with Crippen molar-refractivity contribution in [2.45, 2.75) is 10.4 Å². The Balaban J connectivity index is -0.0000000980. The maximum atomic E-state index is 9.78. The minimum absolute atomic E-state index is 0. The van der Waals surface area contributed by atoms with E-state index in [1.54, 1.807) is 0 Å². The van der Waals surface area contributed by atoms with Crippen LogP contribution in [0.4, 0.5) is 0 Å². The molecule has 0 amide bonds. The van der Waals surface area contributed by atoms with Crippen molar-refractivity contribution in [2.75, 3.05) is 0 Å². The van der Waals surface area contributed by atoms with Crippen LogP contribution in [0, 0.1) is 0 Å². The summed E-state index contributed by atoms with van der Waals surface area (Å²) < 4.78 is 51.3. The normalized spacial score (nSPS) is 10.0. The first-order valence-electron chi connectivity index (χ1n) is 3.32. The van der Waals surface area contributed by atoms with Crippen molar-refractivity contribution in [1.29, 1.82) is 0 Å². The van der Waals surface area contributed by atoms with Crippen molar-refractivity contribution in [3.05, 3.63) is 0 Å². The summed E-state index contributed by atoms with van der Waals surface area (Å²) in [7, 11) is 0. The molecule has 0 saturated carbocycles. The number of rotatable bonds is 4. The molecule has 0 atom stereocenters. The van der Waals surface area contributed by atoms with Gasteiger partial charge in [-0.2, -0.15) is 0 Å². The van der Waals surface area contributed by atoms with Crippen LogP contribution in [0.5, 0.6) is 0 Å². The number of carbonyl (C=O) groups is 2. The van der Waals surface area contributed by atoms with Crippen LogP contribution < -0.4 is 69.3 Å². The Kier molecular flexibility index (Phi) is 18.9. The fourth-order valence-corrected chi connectivity index (χ4v) is 1.75. The molecule has 0 fully saturated rings. The molecule has 18 heavy (non-hydrogen) atoms. The Bertz CT molecular complexity index is 310. The molecule has 0 spiro atoms. The standard InChI is InChI=1S/2C2H5AsO5.2Na/c2*4-2(5)1-3(6,7)8;;/h2*1H2,(H,4,5)(H2,6,7,8);;/q;;2*+1/p-2. The molecule has 0 aliphatic rings. The average Bonchev–Trinajstić information content (AvgIpc) is 1.72. The van der Waals surface area contributed by atoms with Crippen LogP contribution in [0.25, 0.3) is 0 Å². The Labute approximate surface area is 151 Å². The predicted octanol–water partition coefficient (Wildman–Crippen LogP) is -11.8. The molecule has 0 heterocycles. The summed E-state index contributed by atoms with van der Waals surface area (Å²) in [5, 5.41) is 16.6. The van der Waals surface area contributed by atoms with Crippen LogP contribution in [-0.4, -0.2) is 56.7 Å². The van der Waals surface area contributed by atoms with E-state index in [0.29, 0.717) is 0 Å². The van der Waals surface area contributed by atoms with Gasteiger partial charge >= 0.3 is 153 Å². The maximum Gasteiger partial charge on any atom is 1.00 e. The summed E-state index contributed by atoms with van der Waals surface area (Å²) in [5.41, 5.74) is 0. The molecule has 0 bridgehead atoms. The van der Waals surface area contributed by atoms with E-state index in [1.165, 1.54) is 0 Å². The minimum Gasteiger partial charge on any atom is 1.00 e. The van der Waals surface area contributed by atoms with Crippen LogP contribution in [0.3, 0.4) is 0 Å². The van der Waals surface area contributed by atoms with Crippen molar-refractivity contribution in [3.63, 3.8) is 0 Å². The van der Waals surface area contributed by atoms with Gasteiger partial charge in [-0.05, 0) is 0 Å². The molecule has 0 aliphatic heterocycles. The van der Waals surface area contributed by atoms with Gasteiger partial charge in [0.25, 0.3) is 0 Å². The molecular formula is C4H8As2Na2O10. The zero-order chi connectivity index (χ0) is 13.6. The van der Waals surface area contributed by atoms with Gasteiger partial charge in [-0.25, -0.2) is 0 Å². The molecule has 0 aliphatic carbocycles. The Morgan fingerprint density at radius 3 is 0.944 bits per heavy atom. The smallest absolute Gasteiger partial charge is 1.00 e. The van der Waals surface area contributed by atoms with Crippen LogP contribution in [0.15, 0.2) is 0 Å². The second-order valence-corrected chi connectivity index (χ2v) is 9.29. The third-order valence-corrected chi connectivity index (χ3v) is 3.48. The van der Waals surface area contributed by atoms with E-state index in [2.05, 4.69) is 0 Å². The summed E-state index contributed by atoms with van der Waals surface area (Å²) >= 11 is -9.85. The van der Waals surface area contributed by atoms with Crippen molar-refractivity contribution in [2.24, 2.45) is 0 Å². The number of carboxylic acids is 2. The number of carbonyl (C=O) groups excluding carboxylic acids is 2. The van der Waals surface area contributed by atoms with Crippen LogP contribution in [-0.2, 0) is 17.1 Å². The van der Waals surface area contributed by atoms with Crippen LogP contribution in [0.1, 0.15) is 0 Å². The first kappa shape index (κ1) is 27.8. The topological polar surface area (TPSA) is 195 Å². The largest absolute Gasteiger partial charge is 1.00 e. The predicted molar refractivity (Wildman–Crippen MR) is 41.4 cm³/mol. The molecule has 0 unspecified atom stereocenters. The van der Waals surface area contributed by atoms with Crippen LogP contribution in [0.2, 0.25) is 10.4 Å². The molecule has 0 radical (unpaired) electrons. The van der Waals surface area contributed by atoms with E-state index >= 15 is 0 Å². The van der Waals surface area contributed by atoms with Gasteiger partial charge in [0.1, 0.15) is 0 Å². The van der Waals surface area contributed by atoms with E-state index in [4.69, 9.17) is 16.4 Å². The first-order valence-corrected chi connectivity index (χ1v) is 10.9. The Morgan fingerprint density at radius 2 is 0.944 bits per heavy atom. The van der Waals surface area contributed by atoms with Crippen molar-refractivity contribution < 1.29 is 103 Å². The molecule has 96 valence electrons. The van der Waals surface area contributed by atoms with Gasteiger partial charge < -0.3 is 0 Å². The summed E-state index contributed by atoms with van der Waals surface area (Å²) in [5.74, 6) is -3.42. The second-order valence-electron chi connectivity index (χ2n) is 2.39. The average molecular weight is 412 g/mol. The monoisotopic (exact) mass is 412 g/mol. The molecule has 0 aromatic carbocycles. The van der Waals surface area contributed by atoms with E-state index in [1.807, 2.05) is 0 Å². The van der Waals surface area contributed by atoms with Gasteiger partial charge in [-0.1, -0.05) is 0 Å². The van der Waals surface area contributed by atoms with E-state index in [0.717, 1.165) is 0 Å². The third kappa shape index (κ3) is 36.0. The quantitative estimate of drug-likeness (QED) is 0.322. The van der Waals surface area contributed by atoms with Crippen molar-refractivity contribution in [3.8, 4) is 0 Å². The molecule has 14 heteroatoms. The summed E-state index contributed by atoms with van der Waals surface area (Å²) in [4.78, 5) is 18.9. The van der Waals surface area contributed by atoms with E-state index < -0.39 is 50.7 Å². The fourth-order valence-electron chi connectivity index (χ4n) is 0.336. The number of carboxylic acid groups (broad SMARTS) is 2. The summed E-state index contributed by atoms with van der Waals surface area (Å²) in [6.45, 7) is 0. The zero-order valence-electron chi connectivity index (χ0n) is 9.55. The minimum atomic E-state index is -4.93. The number of hydrogen-bond acceptors (Lipinski definition) is 6. The fraction of sp³-hybridized carbons (Fsp3) is 0.500. The number of hydrogen-bond donors (Lipinski definition) is 4. The third-order valence-electron chi connectivity index (χ3n) is 0.670. The molecule has 0 saturated heterocycles. The van der Waals surface area contributed by atoms with Crippen molar-refractivity contribution >= 4 is 40.3 Å². The SMILES string of the molecule is O=C([O-])C[As](=O)(O)O.O=C([O-])C[As](=O)(O)O.[Na+].[Na+]. The zero-order valence-corrected chi connectivity index (χ0v) is 17.3. The molecule has 0 aromatic rings. The summed E-state index contributed by atoms with van der Waals surface area (Å²) in [6, 6.07) is 0. The first-order chi connectivity index (χ1) is 6.83. The Hall–Kier alpha value is 1.50. The molecule has 10 nitrogen and oxygen atoms in total. The van der Waals surface area contributed by atoms with Gasteiger partial charge in [-0.15, -0.1) is 0 Å². The van der Waals surface area contributed by atoms with Gasteiger partial charge in [0.05, 0.1) is 0 Å². The van der Waals surface area contributed by atoms with E-state index in [9.17, 15) is 27.3 Å². The van der Waals surface area contributed by atoms with Gasteiger partial charge in [0.15, 0.2) is 0 Å². The maximum absolute atomic E-state index is 9.78. The molecule has 0 rings (SSSR count). The van der Waals surface area contributed by atoms with E-state index in [-0.39, 0.29) is 59.1 Å². The van der Waals surface area contributed by atoms with Gasteiger partial charge in [0.2, 0.25) is 0 Å². The molecular weight excluding hydrogens is 404 g/mol.